The highest BCUT2D eigenvalue weighted by atomic mass is 35.5. The predicted octanol–water partition coefficient (Wildman–Crippen LogP) is 2.50. The van der Waals surface area contributed by atoms with Crippen LogP contribution < -0.4 is 5.32 Å². The Kier molecular flexibility index (Phi) is 5.27. The van der Waals surface area contributed by atoms with Gasteiger partial charge in [-0.3, -0.25) is 4.79 Å². The molecule has 0 fully saturated rings. The fourth-order valence-corrected chi connectivity index (χ4v) is 1.56. The molecule has 0 spiro atoms. The molecule has 4 nitrogen and oxygen atoms in total. The Morgan fingerprint density at radius 3 is 2.83 bits per heavy atom. The fraction of sp³-hybridized carbons (Fsp3) is 0.455. The minimum atomic E-state index is -2.58. The number of amides is 1. The third kappa shape index (κ3) is 3.80. The number of halogens is 3. The van der Waals surface area contributed by atoms with Crippen LogP contribution in [0.15, 0.2) is 12.3 Å². The van der Waals surface area contributed by atoms with E-state index in [-0.39, 0.29) is 10.6 Å². The van der Waals surface area contributed by atoms with E-state index in [2.05, 4.69) is 10.3 Å². The molecule has 18 heavy (non-hydrogen) atoms. The van der Waals surface area contributed by atoms with Crippen LogP contribution in [0.4, 0.5) is 14.6 Å². The molecule has 0 saturated heterocycles. The number of nitrogens with zero attached hydrogens (tertiary/aromatic N) is 2. The van der Waals surface area contributed by atoms with Gasteiger partial charge in [-0.2, -0.15) is 0 Å². The number of carbonyl (C=O) groups excluding carboxylic acids is 1. The molecule has 0 radical (unpaired) electrons. The lowest BCUT2D eigenvalue weighted by Gasteiger charge is -2.17. The monoisotopic (exact) mass is 277 g/mol. The van der Waals surface area contributed by atoms with Crippen LogP contribution in [0.5, 0.6) is 0 Å². The maximum atomic E-state index is 12.2. The summed E-state index contributed by atoms with van der Waals surface area (Å²) in [6.45, 7) is 1.88. The maximum Gasteiger partial charge on any atom is 0.255 e. The number of pyridine rings is 1. The molecule has 0 aliphatic heterocycles. The SMILES string of the molecule is CCNc1cc(C(=O)N(C)CC(F)F)c(Cl)cn1. The summed E-state index contributed by atoms with van der Waals surface area (Å²) in [5.41, 5.74) is 0.158. The largest absolute Gasteiger partial charge is 0.370 e. The second-order valence-electron chi connectivity index (χ2n) is 3.66. The van der Waals surface area contributed by atoms with Crippen LogP contribution in [0.1, 0.15) is 17.3 Å². The van der Waals surface area contributed by atoms with Crippen LogP contribution in [0.3, 0.4) is 0 Å². The van der Waals surface area contributed by atoms with Crippen molar-refractivity contribution in [2.45, 2.75) is 13.3 Å². The summed E-state index contributed by atoms with van der Waals surface area (Å²) in [5, 5.41) is 3.06. The molecule has 7 heteroatoms. The summed E-state index contributed by atoms with van der Waals surface area (Å²) in [4.78, 5) is 16.8. The topological polar surface area (TPSA) is 45.2 Å². The first-order valence-electron chi connectivity index (χ1n) is 5.38. The number of hydrogen-bond donors (Lipinski definition) is 1. The average molecular weight is 278 g/mol. The van der Waals surface area contributed by atoms with Gasteiger partial charge >= 0.3 is 0 Å². The molecule has 1 aromatic rings. The molecule has 0 atom stereocenters. The lowest BCUT2D eigenvalue weighted by atomic mass is 10.2. The van der Waals surface area contributed by atoms with E-state index in [1.54, 1.807) is 0 Å². The Bertz CT molecular complexity index is 429. The van der Waals surface area contributed by atoms with E-state index in [9.17, 15) is 13.6 Å². The molecule has 1 aromatic heterocycles. The first-order valence-corrected chi connectivity index (χ1v) is 5.76. The number of carbonyl (C=O) groups is 1. The molecule has 1 heterocycles. The molecular formula is C11H14ClF2N3O. The van der Waals surface area contributed by atoms with Gasteiger partial charge in [-0.05, 0) is 13.0 Å². The number of alkyl halides is 2. The van der Waals surface area contributed by atoms with E-state index in [1.807, 2.05) is 6.92 Å². The minimum absolute atomic E-state index is 0.141. The van der Waals surface area contributed by atoms with Crippen LogP contribution in [-0.4, -0.2) is 42.4 Å². The summed E-state index contributed by atoms with van der Waals surface area (Å²) < 4.78 is 24.4. The second kappa shape index (κ2) is 6.49. The van der Waals surface area contributed by atoms with Crippen LogP contribution >= 0.6 is 11.6 Å². The zero-order chi connectivity index (χ0) is 13.7. The number of nitrogens with one attached hydrogen (secondary N) is 1. The Morgan fingerprint density at radius 1 is 1.61 bits per heavy atom. The van der Waals surface area contributed by atoms with Crippen molar-refractivity contribution in [3.8, 4) is 0 Å². The molecular weight excluding hydrogens is 264 g/mol. The Balaban J connectivity index is 2.93. The standard InChI is InChI=1S/C11H14ClF2N3O/c1-3-15-10-4-7(8(12)5-16-10)11(18)17(2)6-9(13)14/h4-5,9H,3,6H2,1-2H3,(H,15,16). The normalized spacial score (nSPS) is 10.6. The zero-order valence-corrected chi connectivity index (χ0v) is 10.8. The highest BCUT2D eigenvalue weighted by Gasteiger charge is 2.19. The maximum absolute atomic E-state index is 12.2. The van der Waals surface area contributed by atoms with Gasteiger partial charge in [-0.25, -0.2) is 13.8 Å². The number of hydrogen-bond acceptors (Lipinski definition) is 3. The van der Waals surface area contributed by atoms with Crippen LogP contribution in [0, 0.1) is 0 Å². The van der Waals surface area contributed by atoms with Crippen LogP contribution in [0.25, 0.3) is 0 Å². The zero-order valence-electron chi connectivity index (χ0n) is 10.1. The van der Waals surface area contributed by atoms with Gasteiger partial charge in [-0.1, -0.05) is 11.6 Å². The third-order valence-corrected chi connectivity index (χ3v) is 2.50. The first kappa shape index (κ1) is 14.6. The van der Waals surface area contributed by atoms with Crippen molar-refractivity contribution in [2.24, 2.45) is 0 Å². The van der Waals surface area contributed by atoms with Crippen molar-refractivity contribution in [3.63, 3.8) is 0 Å². The molecule has 0 aliphatic rings. The number of aromatic nitrogens is 1. The molecule has 1 rings (SSSR count). The van der Waals surface area contributed by atoms with Gasteiger partial charge in [0.1, 0.15) is 5.82 Å². The quantitative estimate of drug-likeness (QED) is 0.899. The van der Waals surface area contributed by atoms with E-state index in [1.165, 1.54) is 19.3 Å². The second-order valence-corrected chi connectivity index (χ2v) is 4.06. The summed E-state index contributed by atoms with van der Waals surface area (Å²) in [5.74, 6) is -0.0717. The molecule has 0 aliphatic carbocycles. The Labute approximate surface area is 109 Å². The Morgan fingerprint density at radius 2 is 2.28 bits per heavy atom. The molecule has 1 N–H and O–H groups in total. The molecule has 0 unspecified atom stereocenters. The molecule has 0 saturated carbocycles. The van der Waals surface area contributed by atoms with E-state index in [4.69, 9.17) is 11.6 Å². The summed E-state index contributed by atoms with van der Waals surface area (Å²) in [7, 11) is 1.30. The van der Waals surface area contributed by atoms with Gasteiger partial charge in [0.05, 0.1) is 17.1 Å². The van der Waals surface area contributed by atoms with Gasteiger partial charge in [0, 0.05) is 19.8 Å². The van der Waals surface area contributed by atoms with Crippen molar-refractivity contribution in [1.29, 1.82) is 0 Å². The van der Waals surface area contributed by atoms with Crippen molar-refractivity contribution < 1.29 is 13.6 Å². The van der Waals surface area contributed by atoms with Crippen molar-refractivity contribution in [3.05, 3.63) is 22.8 Å². The lowest BCUT2D eigenvalue weighted by Crippen LogP contribution is -2.31. The van der Waals surface area contributed by atoms with E-state index >= 15 is 0 Å². The summed E-state index contributed by atoms with van der Waals surface area (Å²) in [6.07, 6.45) is -1.25. The van der Waals surface area contributed by atoms with Crippen molar-refractivity contribution >= 4 is 23.3 Å². The molecule has 0 aromatic carbocycles. The van der Waals surface area contributed by atoms with E-state index in [0.717, 1.165) is 4.90 Å². The fourth-order valence-electron chi connectivity index (χ4n) is 1.38. The average Bonchev–Trinajstić information content (AvgIpc) is 2.30. The highest BCUT2D eigenvalue weighted by Crippen LogP contribution is 2.19. The lowest BCUT2D eigenvalue weighted by molar-refractivity contribution is 0.0620. The van der Waals surface area contributed by atoms with Gasteiger partial charge in [0.25, 0.3) is 12.3 Å². The molecule has 0 bridgehead atoms. The predicted molar refractivity (Wildman–Crippen MR) is 66.4 cm³/mol. The highest BCUT2D eigenvalue weighted by molar-refractivity contribution is 6.33. The minimum Gasteiger partial charge on any atom is -0.370 e. The van der Waals surface area contributed by atoms with Gasteiger partial charge in [-0.15, -0.1) is 0 Å². The van der Waals surface area contributed by atoms with Gasteiger partial charge in [0.2, 0.25) is 0 Å². The Hall–Kier alpha value is -1.43. The van der Waals surface area contributed by atoms with Crippen molar-refractivity contribution in [2.75, 3.05) is 25.5 Å². The van der Waals surface area contributed by atoms with Gasteiger partial charge in [0.15, 0.2) is 0 Å². The summed E-state index contributed by atoms with van der Waals surface area (Å²) >= 11 is 5.85. The molecule has 1 amide bonds. The summed E-state index contributed by atoms with van der Waals surface area (Å²) in [6, 6.07) is 1.45. The van der Waals surface area contributed by atoms with E-state index < -0.39 is 18.9 Å². The van der Waals surface area contributed by atoms with Gasteiger partial charge < -0.3 is 10.2 Å². The van der Waals surface area contributed by atoms with Crippen molar-refractivity contribution in [1.82, 2.24) is 9.88 Å². The first-order chi connectivity index (χ1) is 8.45. The molecule has 100 valence electrons. The van der Waals surface area contributed by atoms with Crippen LogP contribution in [-0.2, 0) is 0 Å². The van der Waals surface area contributed by atoms with Crippen LogP contribution in [0.2, 0.25) is 5.02 Å². The number of anilines is 1. The smallest absolute Gasteiger partial charge is 0.255 e. The van der Waals surface area contributed by atoms with E-state index in [0.29, 0.717) is 12.4 Å². The number of rotatable bonds is 5. The third-order valence-electron chi connectivity index (χ3n) is 2.20.